The van der Waals surface area contributed by atoms with Gasteiger partial charge in [-0.25, -0.2) is 0 Å². The number of ketones is 1. The monoisotopic (exact) mass is 266 g/mol. The summed E-state index contributed by atoms with van der Waals surface area (Å²) in [5, 5.41) is -0.0473. The van der Waals surface area contributed by atoms with Gasteiger partial charge < -0.3 is 4.74 Å². The average Bonchev–Trinajstić information content (AvgIpc) is 2.15. The maximum Gasteiger partial charge on any atom is 0.419 e. The molecule has 0 spiro atoms. The predicted octanol–water partition coefficient (Wildman–Crippen LogP) is 3.96. The van der Waals surface area contributed by atoms with Crippen molar-refractivity contribution in [3.05, 3.63) is 28.3 Å². The smallest absolute Gasteiger partial charge is 0.419 e. The van der Waals surface area contributed by atoms with Crippen LogP contribution in [0.1, 0.15) is 29.8 Å². The van der Waals surface area contributed by atoms with Gasteiger partial charge in [0, 0.05) is 0 Å². The molecule has 0 unspecified atom stereocenters. The highest BCUT2D eigenvalue weighted by atomic mass is 35.5. The molecular weight excluding hydrogens is 257 g/mol. The molecule has 6 heteroatoms. The lowest BCUT2D eigenvalue weighted by Crippen LogP contribution is -2.12. The number of rotatable bonds is 3. The van der Waals surface area contributed by atoms with Gasteiger partial charge in [-0.15, -0.1) is 0 Å². The SMILES string of the molecule is CCOc1c(C(F)(F)F)ccc(Cl)c1C(C)=O. The van der Waals surface area contributed by atoms with E-state index in [0.29, 0.717) is 0 Å². The van der Waals surface area contributed by atoms with Crippen molar-refractivity contribution in [1.29, 1.82) is 0 Å². The second-order valence-corrected chi connectivity index (χ2v) is 3.69. The summed E-state index contributed by atoms with van der Waals surface area (Å²) in [7, 11) is 0. The van der Waals surface area contributed by atoms with Crippen molar-refractivity contribution >= 4 is 17.4 Å². The molecule has 0 heterocycles. The van der Waals surface area contributed by atoms with Gasteiger partial charge in [0.1, 0.15) is 5.75 Å². The molecule has 0 aliphatic heterocycles. The molecule has 0 N–H and O–H groups in total. The van der Waals surface area contributed by atoms with Crippen molar-refractivity contribution < 1.29 is 22.7 Å². The molecule has 0 atom stereocenters. The number of alkyl halides is 3. The summed E-state index contributed by atoms with van der Waals surface area (Å²) in [6.07, 6.45) is -4.58. The summed E-state index contributed by atoms with van der Waals surface area (Å²) in [6.45, 7) is 2.69. The second kappa shape index (κ2) is 4.96. The summed E-state index contributed by atoms with van der Waals surface area (Å²) >= 11 is 5.71. The molecule has 17 heavy (non-hydrogen) atoms. The highest BCUT2D eigenvalue weighted by Crippen LogP contribution is 2.40. The summed E-state index contributed by atoms with van der Waals surface area (Å²) < 4.78 is 43.0. The lowest BCUT2D eigenvalue weighted by Gasteiger charge is -2.16. The number of ether oxygens (including phenoxy) is 1. The Morgan fingerprint density at radius 1 is 1.41 bits per heavy atom. The quantitative estimate of drug-likeness (QED) is 0.774. The van der Waals surface area contributed by atoms with Gasteiger partial charge in [0.2, 0.25) is 0 Å². The summed E-state index contributed by atoms with van der Waals surface area (Å²) in [4.78, 5) is 11.3. The van der Waals surface area contributed by atoms with Gasteiger partial charge in [-0.3, -0.25) is 4.79 Å². The predicted molar refractivity (Wildman–Crippen MR) is 57.6 cm³/mol. The molecule has 0 radical (unpaired) electrons. The summed E-state index contributed by atoms with van der Waals surface area (Å²) in [5.74, 6) is -1.07. The van der Waals surface area contributed by atoms with Crippen LogP contribution in [0.15, 0.2) is 12.1 Å². The molecule has 0 aliphatic carbocycles. The molecule has 0 saturated carbocycles. The number of halogens is 4. The van der Waals surface area contributed by atoms with E-state index in [9.17, 15) is 18.0 Å². The zero-order chi connectivity index (χ0) is 13.2. The van der Waals surface area contributed by atoms with Crippen LogP contribution in [-0.2, 0) is 6.18 Å². The number of hydrogen-bond acceptors (Lipinski definition) is 2. The van der Waals surface area contributed by atoms with Crippen LogP contribution in [0.4, 0.5) is 13.2 Å². The maximum absolute atomic E-state index is 12.7. The number of carbonyl (C=O) groups is 1. The first-order valence-electron chi connectivity index (χ1n) is 4.82. The second-order valence-electron chi connectivity index (χ2n) is 3.29. The Kier molecular flexibility index (Phi) is 4.03. The Bertz CT molecular complexity index is 441. The van der Waals surface area contributed by atoms with Crippen LogP contribution in [0, 0.1) is 0 Å². The van der Waals surface area contributed by atoms with Crippen molar-refractivity contribution in [2.75, 3.05) is 6.61 Å². The molecule has 0 saturated heterocycles. The molecule has 1 aromatic carbocycles. The highest BCUT2D eigenvalue weighted by Gasteiger charge is 2.36. The maximum atomic E-state index is 12.7. The fraction of sp³-hybridized carbons (Fsp3) is 0.364. The van der Waals surface area contributed by atoms with Crippen LogP contribution in [0.5, 0.6) is 5.75 Å². The van der Waals surface area contributed by atoms with Gasteiger partial charge in [0.25, 0.3) is 0 Å². The molecule has 2 nitrogen and oxygen atoms in total. The van der Waals surface area contributed by atoms with Gasteiger partial charge in [-0.1, -0.05) is 11.6 Å². The van der Waals surface area contributed by atoms with Crippen molar-refractivity contribution in [1.82, 2.24) is 0 Å². The van der Waals surface area contributed by atoms with Crippen molar-refractivity contribution in [2.45, 2.75) is 20.0 Å². The van der Waals surface area contributed by atoms with Crippen LogP contribution in [0.25, 0.3) is 0 Å². The largest absolute Gasteiger partial charge is 0.492 e. The molecule has 1 aromatic rings. The third kappa shape index (κ3) is 2.91. The molecule has 0 aromatic heterocycles. The van der Waals surface area contributed by atoms with E-state index in [-0.39, 0.29) is 17.2 Å². The zero-order valence-corrected chi connectivity index (χ0v) is 9.95. The van der Waals surface area contributed by atoms with Gasteiger partial charge in [-0.05, 0) is 26.0 Å². The normalized spacial score (nSPS) is 11.4. The summed E-state index contributed by atoms with van der Waals surface area (Å²) in [6, 6.07) is 1.85. The van der Waals surface area contributed by atoms with E-state index >= 15 is 0 Å². The van der Waals surface area contributed by atoms with Crippen LogP contribution < -0.4 is 4.74 Å². The minimum atomic E-state index is -4.58. The fourth-order valence-electron chi connectivity index (χ4n) is 1.40. The van der Waals surface area contributed by atoms with E-state index in [1.165, 1.54) is 6.92 Å². The minimum Gasteiger partial charge on any atom is -0.492 e. The van der Waals surface area contributed by atoms with Crippen molar-refractivity contribution in [3.63, 3.8) is 0 Å². The van der Waals surface area contributed by atoms with E-state index in [4.69, 9.17) is 16.3 Å². The van der Waals surface area contributed by atoms with Crippen LogP contribution in [0.2, 0.25) is 5.02 Å². The van der Waals surface area contributed by atoms with E-state index in [0.717, 1.165) is 19.1 Å². The first-order chi connectivity index (χ1) is 7.79. The molecule has 0 fully saturated rings. The molecular formula is C11H10ClF3O2. The van der Waals surface area contributed by atoms with Gasteiger partial charge >= 0.3 is 6.18 Å². The first kappa shape index (κ1) is 13.8. The number of benzene rings is 1. The number of carbonyl (C=O) groups excluding carboxylic acids is 1. The van der Waals surface area contributed by atoms with Crippen molar-refractivity contribution in [2.24, 2.45) is 0 Å². The molecule has 1 rings (SSSR count). The minimum absolute atomic E-state index is 0.0176. The highest BCUT2D eigenvalue weighted by molar-refractivity contribution is 6.34. The molecule has 94 valence electrons. The standard InChI is InChI=1S/C11H10ClF3O2/c1-3-17-10-7(11(13,14)15)4-5-8(12)9(10)6(2)16/h4-5H,3H2,1-2H3. The topological polar surface area (TPSA) is 26.3 Å². The first-order valence-corrected chi connectivity index (χ1v) is 5.20. The molecule has 0 bridgehead atoms. The van der Waals surface area contributed by atoms with E-state index in [2.05, 4.69) is 0 Å². The van der Waals surface area contributed by atoms with Crippen LogP contribution in [-0.4, -0.2) is 12.4 Å². The number of hydrogen-bond donors (Lipinski definition) is 0. The average molecular weight is 267 g/mol. The third-order valence-corrected chi connectivity index (χ3v) is 2.37. The van der Waals surface area contributed by atoms with E-state index < -0.39 is 23.3 Å². The number of Topliss-reactive ketones (excluding diaryl/α,β-unsaturated/α-hetero) is 1. The third-order valence-electron chi connectivity index (χ3n) is 2.05. The summed E-state index contributed by atoms with van der Waals surface area (Å²) in [5.41, 5.74) is -1.22. The lowest BCUT2D eigenvalue weighted by atomic mass is 10.1. The van der Waals surface area contributed by atoms with Gasteiger partial charge in [-0.2, -0.15) is 13.2 Å². The Hall–Kier alpha value is -1.23. The Morgan fingerprint density at radius 2 is 2.00 bits per heavy atom. The van der Waals surface area contributed by atoms with Gasteiger partial charge in [0.15, 0.2) is 5.78 Å². The van der Waals surface area contributed by atoms with Gasteiger partial charge in [0.05, 0.1) is 22.8 Å². The Balaban J connectivity index is 3.53. The van der Waals surface area contributed by atoms with Crippen LogP contribution >= 0.6 is 11.6 Å². The van der Waals surface area contributed by atoms with E-state index in [1.54, 1.807) is 0 Å². The van der Waals surface area contributed by atoms with E-state index in [1.807, 2.05) is 0 Å². The molecule has 0 amide bonds. The zero-order valence-electron chi connectivity index (χ0n) is 9.19. The lowest BCUT2D eigenvalue weighted by molar-refractivity contribution is -0.138. The van der Waals surface area contributed by atoms with Crippen LogP contribution in [0.3, 0.4) is 0 Å². The van der Waals surface area contributed by atoms with Crippen molar-refractivity contribution in [3.8, 4) is 5.75 Å². The Labute approximate surface area is 101 Å². The fourth-order valence-corrected chi connectivity index (χ4v) is 1.69. The Morgan fingerprint density at radius 3 is 2.41 bits per heavy atom. The molecule has 0 aliphatic rings.